The lowest BCUT2D eigenvalue weighted by molar-refractivity contribution is -0.0146. The number of hydrogen-bond acceptors (Lipinski definition) is 10. The van der Waals surface area contributed by atoms with Gasteiger partial charge in [0.15, 0.2) is 0 Å². The predicted molar refractivity (Wildman–Crippen MR) is 399 cm³/mol. The molecule has 3 aliphatic heterocycles. The number of aromatic amines is 2. The number of ether oxygens (including phenoxy) is 1. The van der Waals surface area contributed by atoms with Gasteiger partial charge in [0.05, 0.1) is 52.9 Å². The zero-order valence-corrected chi connectivity index (χ0v) is 58.5. The molecule has 3 saturated heterocycles. The second kappa shape index (κ2) is 32.6. The number of aryl methyl sites for hydroxylation is 1. The molecular weight excluding hydrogens is 1260 g/mol. The monoisotopic (exact) mass is 1350 g/mol. The van der Waals surface area contributed by atoms with E-state index in [2.05, 4.69) is 122 Å². The van der Waals surface area contributed by atoms with Crippen LogP contribution in [0.15, 0.2) is 210 Å². The minimum Gasteiger partial charge on any atom is -0.497 e. The van der Waals surface area contributed by atoms with Crippen LogP contribution < -0.4 is 21.4 Å². The number of H-pyrrole nitrogens is 2. The van der Waals surface area contributed by atoms with Crippen molar-refractivity contribution < 1.29 is 19.3 Å². The van der Waals surface area contributed by atoms with Crippen molar-refractivity contribution in [3.05, 3.63) is 265 Å². The maximum atomic E-state index is 13.4. The second-order valence-corrected chi connectivity index (χ2v) is 28.6. The summed E-state index contributed by atoms with van der Waals surface area (Å²) in [6.45, 7) is 17.0. The molecule has 3 aromatic heterocycles. The number of methoxy groups -OCH3 is 1. The first-order valence-electron chi connectivity index (χ1n) is 35.5. The van der Waals surface area contributed by atoms with E-state index >= 15 is 0 Å². The summed E-state index contributed by atoms with van der Waals surface area (Å²) in [5.41, 5.74) is 11.3. The Bertz CT molecular complexity index is 4430. The lowest BCUT2D eigenvalue weighted by Gasteiger charge is -2.42. The number of aliphatic hydroxyl groups excluding tert-OH is 1. The van der Waals surface area contributed by atoms with Crippen LogP contribution in [0.5, 0.6) is 5.75 Å². The maximum absolute atomic E-state index is 13.4. The Hall–Kier alpha value is -8.61. The van der Waals surface area contributed by atoms with Gasteiger partial charge in [0.2, 0.25) is 5.95 Å². The standard InChI is InChI=1S/C32H41NO2.C28H31FN4O.C22H24ClN5O2/c1-31(2,3)26-18-16-25(17-19-26)30(34)15-10-22-33-23-20-29(21-24-33)32(35,27-11-6-4-7-12-27)28-13-8-5-9-14-28;1-34-25-12-8-21(9-13-25)14-17-32-18-15-24(16-19-32)30-28-31-26-4-2-3-5-27(26)33(28)20-22-6-10-23(29)11-7-22;23-15-6-7-20-18(14-15)25-22(30)28(20)16-8-12-26(13-9-16)10-3-11-27-19-5-2-1-4-17(19)24-21(27)29/h4-9,11-14,16-19,29-30,34-35H,10,15,20-24H2,1-3H3;2-13,24H,14-20H2,1H3,(H,30,31);1-2,4-7,14,16H,3,8-13H2,(H,24,29)(H,25,30). The Morgan fingerprint density at radius 3 is 1.82 bits per heavy atom. The summed E-state index contributed by atoms with van der Waals surface area (Å²) in [6, 6.07) is 65.9. The third-order valence-corrected chi connectivity index (χ3v) is 20.8. The maximum Gasteiger partial charge on any atom is 0.326 e. The first-order valence-corrected chi connectivity index (χ1v) is 35.9. The van der Waals surface area contributed by atoms with Crippen molar-refractivity contribution in [2.45, 2.75) is 127 Å². The van der Waals surface area contributed by atoms with Gasteiger partial charge in [-0.25, -0.2) is 19.0 Å². The Morgan fingerprint density at radius 2 is 1.16 bits per heavy atom. The number of para-hydroxylation sites is 4. The number of likely N-dealkylation sites (tertiary alicyclic amines) is 3. The third kappa shape index (κ3) is 17.5. The van der Waals surface area contributed by atoms with Crippen LogP contribution in [0.25, 0.3) is 33.1 Å². The van der Waals surface area contributed by atoms with Crippen LogP contribution in [0, 0.1) is 11.7 Å². The predicted octanol–water partition coefficient (Wildman–Crippen LogP) is 15.2. The van der Waals surface area contributed by atoms with E-state index in [1.807, 2.05) is 124 Å². The van der Waals surface area contributed by atoms with Crippen molar-refractivity contribution >= 4 is 50.6 Å². The molecule has 518 valence electrons. The molecule has 99 heavy (non-hydrogen) atoms. The van der Waals surface area contributed by atoms with Gasteiger partial charge in [-0.05, 0) is 202 Å². The van der Waals surface area contributed by atoms with Gasteiger partial charge in [-0.3, -0.25) is 9.13 Å². The Balaban J connectivity index is 0.000000141. The highest BCUT2D eigenvalue weighted by Gasteiger charge is 2.41. The molecule has 5 N–H and O–H groups in total. The van der Waals surface area contributed by atoms with Crippen molar-refractivity contribution in [3.8, 4) is 5.75 Å². The van der Waals surface area contributed by atoms with Gasteiger partial charge in [-0.1, -0.05) is 166 Å². The molecule has 3 aliphatic rings. The molecule has 0 bridgehead atoms. The fraction of sp³-hybridized carbons (Fsp3) is 0.378. The van der Waals surface area contributed by atoms with Crippen molar-refractivity contribution in [1.29, 1.82) is 0 Å². The summed E-state index contributed by atoms with van der Waals surface area (Å²) in [5.74, 6) is 1.76. The fourth-order valence-electron chi connectivity index (χ4n) is 14.8. The van der Waals surface area contributed by atoms with Crippen molar-refractivity contribution in [3.63, 3.8) is 0 Å². The van der Waals surface area contributed by atoms with Crippen LogP contribution in [0.2, 0.25) is 5.02 Å². The lowest BCUT2D eigenvalue weighted by Crippen LogP contribution is -2.44. The number of aromatic nitrogens is 6. The minimum absolute atomic E-state index is 0.0475. The van der Waals surface area contributed by atoms with Gasteiger partial charge in [0, 0.05) is 56.4 Å². The first kappa shape index (κ1) is 70.3. The minimum atomic E-state index is -0.968. The molecular formula is C82H96ClFN10O5. The van der Waals surface area contributed by atoms with Gasteiger partial charge in [0.1, 0.15) is 17.2 Å². The van der Waals surface area contributed by atoms with Crippen LogP contribution in [0.3, 0.4) is 0 Å². The van der Waals surface area contributed by atoms with Crippen molar-refractivity contribution in [2.75, 3.05) is 71.3 Å². The molecule has 1 unspecified atom stereocenters. The molecule has 11 aromatic rings. The topological polar surface area (TPSA) is 165 Å². The number of hydrogen-bond donors (Lipinski definition) is 5. The van der Waals surface area contributed by atoms with Gasteiger partial charge in [-0.2, -0.15) is 0 Å². The first-order chi connectivity index (χ1) is 48.1. The van der Waals surface area contributed by atoms with E-state index in [1.165, 1.54) is 23.3 Å². The van der Waals surface area contributed by atoms with Crippen molar-refractivity contribution in [2.24, 2.45) is 5.92 Å². The number of piperidine rings is 3. The molecule has 0 saturated carbocycles. The lowest BCUT2D eigenvalue weighted by atomic mass is 9.72. The van der Waals surface area contributed by atoms with Crippen LogP contribution in [0.4, 0.5) is 10.3 Å². The number of nitrogens with one attached hydrogen (secondary N) is 3. The molecule has 0 spiro atoms. The van der Waals surface area contributed by atoms with E-state index < -0.39 is 11.7 Å². The summed E-state index contributed by atoms with van der Waals surface area (Å²) in [7, 11) is 1.70. The van der Waals surface area contributed by atoms with Crippen LogP contribution >= 0.6 is 11.6 Å². The quantitative estimate of drug-likeness (QED) is 0.0468. The summed E-state index contributed by atoms with van der Waals surface area (Å²) in [5, 5.41) is 27.1. The van der Waals surface area contributed by atoms with Gasteiger partial charge in [-0.15, -0.1) is 0 Å². The van der Waals surface area contributed by atoms with E-state index in [4.69, 9.17) is 21.3 Å². The number of rotatable bonds is 21. The number of nitrogens with zero attached hydrogens (tertiary/aromatic N) is 7. The highest BCUT2D eigenvalue weighted by Crippen LogP contribution is 2.42. The Morgan fingerprint density at radius 1 is 0.586 bits per heavy atom. The third-order valence-electron chi connectivity index (χ3n) is 20.6. The molecule has 3 fully saturated rings. The van der Waals surface area contributed by atoms with Gasteiger partial charge < -0.3 is 49.5 Å². The van der Waals surface area contributed by atoms with E-state index in [0.717, 1.165) is 190 Å². The largest absolute Gasteiger partial charge is 0.497 e. The van der Waals surface area contributed by atoms with Gasteiger partial charge in [0.25, 0.3) is 0 Å². The number of imidazole rings is 3. The SMILES string of the molecule is CC(C)(C)c1ccc(C(O)CCCN2CCC(C(O)(c3ccccc3)c3ccccc3)CC2)cc1.COc1ccc(CCN2CCC(Nc3nc4ccccc4n3Cc3ccc(F)cc3)CC2)cc1.O=c1[nH]c2ccccc2n1CCCN1CCC(n2c(=O)[nH]c3cc(Cl)ccc32)CC1. The smallest absolute Gasteiger partial charge is 0.326 e. The Labute approximate surface area is 585 Å². The van der Waals surface area contributed by atoms with E-state index in [-0.39, 0.29) is 34.6 Å². The van der Waals surface area contributed by atoms with E-state index in [9.17, 15) is 24.2 Å². The molecule has 1 atom stereocenters. The molecule has 0 radical (unpaired) electrons. The molecule has 0 aliphatic carbocycles. The Kier molecular flexibility index (Phi) is 23.1. The van der Waals surface area contributed by atoms with Gasteiger partial charge >= 0.3 is 11.4 Å². The highest BCUT2D eigenvalue weighted by molar-refractivity contribution is 6.31. The summed E-state index contributed by atoms with van der Waals surface area (Å²) < 4.78 is 24.5. The average Bonchev–Trinajstić information content (AvgIpc) is 1.20. The zero-order valence-electron chi connectivity index (χ0n) is 57.7. The number of halogens is 2. The average molecular weight is 1360 g/mol. The molecule has 14 rings (SSSR count). The van der Waals surface area contributed by atoms with Crippen LogP contribution in [-0.4, -0.2) is 126 Å². The number of aliphatic hydroxyl groups is 2. The van der Waals surface area contributed by atoms with E-state index in [1.54, 1.807) is 13.2 Å². The number of benzene rings is 8. The molecule has 0 amide bonds. The normalized spacial score (nSPS) is 16.0. The van der Waals surface area contributed by atoms with Crippen LogP contribution in [0.1, 0.15) is 124 Å². The number of fused-ring (bicyclic) bond motifs is 3. The molecule has 6 heterocycles. The summed E-state index contributed by atoms with van der Waals surface area (Å²) >= 11 is 6.05. The zero-order chi connectivity index (χ0) is 68.9. The number of anilines is 1. The molecule has 17 heteroatoms. The molecule has 15 nitrogen and oxygen atoms in total. The highest BCUT2D eigenvalue weighted by atomic mass is 35.5. The second-order valence-electron chi connectivity index (χ2n) is 28.1. The van der Waals surface area contributed by atoms with Crippen LogP contribution in [-0.2, 0) is 30.5 Å². The van der Waals surface area contributed by atoms with E-state index in [0.29, 0.717) is 24.2 Å². The summed E-state index contributed by atoms with van der Waals surface area (Å²) in [4.78, 5) is 42.9. The molecule has 8 aromatic carbocycles. The van der Waals surface area contributed by atoms with Crippen molar-refractivity contribution in [1.82, 2.24) is 43.4 Å². The summed E-state index contributed by atoms with van der Waals surface area (Å²) in [6.07, 6.45) is 9.24. The fourth-order valence-corrected chi connectivity index (χ4v) is 15.0.